The third-order valence-corrected chi connectivity index (χ3v) is 1.51. The van der Waals surface area contributed by atoms with Gasteiger partial charge >= 0.3 is 0 Å². The highest BCUT2D eigenvalue weighted by atomic mass is 16.2. The van der Waals surface area contributed by atoms with Crippen molar-refractivity contribution < 1.29 is 4.79 Å². The summed E-state index contributed by atoms with van der Waals surface area (Å²) < 4.78 is 1.80. The molecule has 1 aromatic heterocycles. The minimum atomic E-state index is -0.0758. The summed E-state index contributed by atoms with van der Waals surface area (Å²) in [6.07, 6.45) is 1.85. The molecule has 0 unspecified atom stereocenters. The largest absolute Gasteiger partial charge is 0.331 e. The van der Waals surface area contributed by atoms with E-state index in [2.05, 4.69) is 10.3 Å². The third kappa shape index (κ3) is 0.556. The van der Waals surface area contributed by atoms with Crippen LogP contribution in [0.5, 0.6) is 0 Å². The lowest BCUT2D eigenvalue weighted by molar-refractivity contribution is 0.0961. The smallest absolute Gasteiger partial charge is 0.288 e. The molecule has 0 spiro atoms. The number of carbonyl (C=O) groups is 1. The van der Waals surface area contributed by atoms with Crippen LogP contribution in [0.1, 0.15) is 16.3 Å². The first-order valence-corrected chi connectivity index (χ1v) is 3.09. The van der Waals surface area contributed by atoms with E-state index in [0.29, 0.717) is 12.5 Å². The molecule has 0 saturated heterocycles. The first kappa shape index (κ1) is 5.46. The van der Waals surface area contributed by atoms with E-state index in [0.717, 1.165) is 5.69 Å². The van der Waals surface area contributed by atoms with Crippen LogP contribution in [0.2, 0.25) is 0 Å². The molecule has 1 aromatic rings. The van der Waals surface area contributed by atoms with E-state index >= 15 is 0 Å². The molecule has 0 bridgehead atoms. The number of rotatable bonds is 0. The van der Waals surface area contributed by atoms with Gasteiger partial charge in [0.15, 0.2) is 0 Å². The van der Waals surface area contributed by atoms with E-state index in [1.807, 2.05) is 13.1 Å². The average Bonchev–Trinajstić information content (AvgIpc) is 2.35. The fraction of sp³-hybridized carbons (Fsp3) is 0.333. The van der Waals surface area contributed by atoms with E-state index in [-0.39, 0.29) is 5.91 Å². The summed E-state index contributed by atoms with van der Waals surface area (Å²) in [5.41, 5.74) is 0.893. The van der Waals surface area contributed by atoms with Crippen LogP contribution in [0, 0.1) is 6.92 Å². The van der Waals surface area contributed by atoms with Crippen LogP contribution < -0.4 is 5.32 Å². The summed E-state index contributed by atoms with van der Waals surface area (Å²) in [4.78, 5) is 14.9. The standard InChI is InChI=1S/C6H7N3O/c1-4-2-9-3-7-6(10)5(9)8-4/h2H,3H2,1H3,(H,7,10). The normalized spacial score (nSPS) is 15.1. The average molecular weight is 137 g/mol. The zero-order valence-corrected chi connectivity index (χ0v) is 5.59. The van der Waals surface area contributed by atoms with Gasteiger partial charge in [-0.3, -0.25) is 4.79 Å². The van der Waals surface area contributed by atoms with Crippen LogP contribution in [0.25, 0.3) is 0 Å². The van der Waals surface area contributed by atoms with Crippen LogP contribution in [-0.4, -0.2) is 15.5 Å². The van der Waals surface area contributed by atoms with Crippen LogP contribution in [-0.2, 0) is 6.67 Å². The number of nitrogens with zero attached hydrogens (tertiary/aromatic N) is 2. The first-order chi connectivity index (χ1) is 4.77. The van der Waals surface area contributed by atoms with E-state index < -0.39 is 0 Å². The highest BCUT2D eigenvalue weighted by molar-refractivity contribution is 5.92. The van der Waals surface area contributed by atoms with Crippen molar-refractivity contribution in [1.29, 1.82) is 0 Å². The number of aromatic nitrogens is 2. The molecule has 0 fully saturated rings. The number of aryl methyl sites for hydroxylation is 1. The molecular weight excluding hydrogens is 130 g/mol. The minimum Gasteiger partial charge on any atom is -0.331 e. The Morgan fingerprint density at radius 1 is 1.80 bits per heavy atom. The number of nitrogens with one attached hydrogen (secondary N) is 1. The number of amides is 1. The van der Waals surface area contributed by atoms with Crippen LogP contribution in [0.4, 0.5) is 0 Å². The number of imidazole rings is 1. The molecule has 0 atom stereocenters. The fourth-order valence-corrected chi connectivity index (χ4v) is 1.08. The molecule has 10 heavy (non-hydrogen) atoms. The molecule has 0 saturated carbocycles. The monoisotopic (exact) mass is 137 g/mol. The molecular formula is C6H7N3O. The van der Waals surface area contributed by atoms with Gasteiger partial charge in [0.1, 0.15) is 0 Å². The lowest BCUT2D eigenvalue weighted by Crippen LogP contribution is -2.14. The highest BCUT2D eigenvalue weighted by Gasteiger charge is 2.19. The van der Waals surface area contributed by atoms with Crippen molar-refractivity contribution in [2.45, 2.75) is 13.6 Å². The number of hydrogen-bond acceptors (Lipinski definition) is 2. The van der Waals surface area contributed by atoms with Crippen LogP contribution in [0.3, 0.4) is 0 Å². The molecule has 2 heterocycles. The second-order valence-electron chi connectivity index (χ2n) is 2.34. The molecule has 0 aliphatic carbocycles. The van der Waals surface area contributed by atoms with Gasteiger partial charge in [-0.25, -0.2) is 4.98 Å². The second kappa shape index (κ2) is 1.59. The van der Waals surface area contributed by atoms with Crippen molar-refractivity contribution in [1.82, 2.24) is 14.9 Å². The van der Waals surface area contributed by atoms with Gasteiger partial charge in [0.2, 0.25) is 5.82 Å². The highest BCUT2D eigenvalue weighted by Crippen LogP contribution is 2.05. The Kier molecular flexibility index (Phi) is 0.869. The van der Waals surface area contributed by atoms with Crippen molar-refractivity contribution in [3.05, 3.63) is 17.7 Å². The molecule has 0 radical (unpaired) electrons. The predicted octanol–water partition coefficient (Wildman–Crippen LogP) is -0.108. The molecule has 1 aliphatic heterocycles. The predicted molar refractivity (Wildman–Crippen MR) is 34.4 cm³/mol. The molecule has 2 rings (SSSR count). The maximum absolute atomic E-state index is 10.9. The summed E-state index contributed by atoms with van der Waals surface area (Å²) in [6, 6.07) is 0. The Labute approximate surface area is 57.9 Å². The Morgan fingerprint density at radius 3 is 3.30 bits per heavy atom. The number of carbonyl (C=O) groups excluding carboxylic acids is 1. The van der Waals surface area contributed by atoms with Gasteiger partial charge in [-0.1, -0.05) is 0 Å². The molecule has 52 valence electrons. The van der Waals surface area contributed by atoms with Crippen molar-refractivity contribution >= 4 is 5.91 Å². The van der Waals surface area contributed by atoms with Gasteiger partial charge in [-0.15, -0.1) is 0 Å². The van der Waals surface area contributed by atoms with E-state index in [9.17, 15) is 4.79 Å². The van der Waals surface area contributed by atoms with Gasteiger partial charge in [-0.2, -0.15) is 0 Å². The number of fused-ring (bicyclic) bond motifs is 1. The Balaban J connectivity index is 2.59. The van der Waals surface area contributed by atoms with Gasteiger partial charge < -0.3 is 9.88 Å². The van der Waals surface area contributed by atoms with Crippen molar-refractivity contribution in [3.8, 4) is 0 Å². The van der Waals surface area contributed by atoms with E-state index in [4.69, 9.17) is 0 Å². The Bertz CT molecular complexity index is 289. The molecule has 4 heteroatoms. The lowest BCUT2D eigenvalue weighted by atomic mass is 10.5. The van der Waals surface area contributed by atoms with Crippen LogP contribution >= 0.6 is 0 Å². The minimum absolute atomic E-state index is 0.0758. The molecule has 0 aromatic carbocycles. The van der Waals surface area contributed by atoms with Crippen molar-refractivity contribution in [3.63, 3.8) is 0 Å². The second-order valence-corrected chi connectivity index (χ2v) is 2.34. The maximum Gasteiger partial charge on any atom is 0.288 e. The van der Waals surface area contributed by atoms with Gasteiger partial charge in [-0.05, 0) is 6.92 Å². The van der Waals surface area contributed by atoms with E-state index in [1.54, 1.807) is 4.57 Å². The summed E-state index contributed by atoms with van der Waals surface area (Å²) in [5.74, 6) is 0.450. The zero-order valence-electron chi connectivity index (χ0n) is 5.59. The SMILES string of the molecule is Cc1cn2c(n1)C(=O)NC2. The summed E-state index contributed by atoms with van der Waals surface area (Å²) in [6.45, 7) is 2.44. The Morgan fingerprint density at radius 2 is 2.60 bits per heavy atom. The maximum atomic E-state index is 10.9. The molecule has 4 nitrogen and oxygen atoms in total. The lowest BCUT2D eigenvalue weighted by Gasteiger charge is -1.88. The molecule has 1 amide bonds. The number of hydrogen-bond donors (Lipinski definition) is 1. The fourth-order valence-electron chi connectivity index (χ4n) is 1.08. The van der Waals surface area contributed by atoms with Gasteiger partial charge in [0, 0.05) is 6.20 Å². The third-order valence-electron chi connectivity index (χ3n) is 1.51. The van der Waals surface area contributed by atoms with Gasteiger partial charge in [0.05, 0.1) is 12.4 Å². The zero-order chi connectivity index (χ0) is 7.14. The summed E-state index contributed by atoms with van der Waals surface area (Å²) in [7, 11) is 0. The summed E-state index contributed by atoms with van der Waals surface area (Å²) >= 11 is 0. The molecule has 1 aliphatic rings. The Hall–Kier alpha value is -1.32. The summed E-state index contributed by atoms with van der Waals surface area (Å²) in [5, 5.41) is 2.65. The topological polar surface area (TPSA) is 46.9 Å². The molecule has 1 N–H and O–H groups in total. The first-order valence-electron chi connectivity index (χ1n) is 3.09. The van der Waals surface area contributed by atoms with Crippen LogP contribution in [0.15, 0.2) is 6.20 Å². The quantitative estimate of drug-likeness (QED) is 0.542. The van der Waals surface area contributed by atoms with E-state index in [1.165, 1.54) is 0 Å². The van der Waals surface area contributed by atoms with Crippen molar-refractivity contribution in [2.24, 2.45) is 0 Å². The van der Waals surface area contributed by atoms with Gasteiger partial charge in [0.25, 0.3) is 5.91 Å². The van der Waals surface area contributed by atoms with Crippen molar-refractivity contribution in [2.75, 3.05) is 0 Å².